The SMILES string of the molecule is COc1ccc(Cn2nnnc2[C@@H](c2cc3cc(C)ccc3[nH]c2=O)N2CCC[C@@H](C)C2)cc1. The number of aryl methyl sites for hydroxylation is 1. The second-order valence-electron chi connectivity index (χ2n) is 9.33. The maximum Gasteiger partial charge on any atom is 0.253 e. The molecule has 0 saturated carbocycles. The number of nitrogens with zero attached hydrogens (tertiary/aromatic N) is 5. The van der Waals surface area contributed by atoms with Gasteiger partial charge in [-0.1, -0.05) is 30.7 Å². The lowest BCUT2D eigenvalue weighted by molar-refractivity contribution is 0.141. The normalized spacial score (nSPS) is 17.7. The van der Waals surface area contributed by atoms with E-state index in [1.54, 1.807) is 7.11 Å². The molecular formula is C26H30N6O2. The third kappa shape index (κ3) is 4.46. The van der Waals surface area contributed by atoms with Gasteiger partial charge in [-0.2, -0.15) is 0 Å². The maximum absolute atomic E-state index is 13.3. The zero-order valence-corrected chi connectivity index (χ0v) is 19.9. The monoisotopic (exact) mass is 458 g/mol. The number of ether oxygens (including phenoxy) is 1. The van der Waals surface area contributed by atoms with E-state index in [9.17, 15) is 4.79 Å². The average molecular weight is 459 g/mol. The van der Waals surface area contributed by atoms with Crippen molar-refractivity contribution in [2.24, 2.45) is 5.92 Å². The number of pyridine rings is 1. The summed E-state index contributed by atoms with van der Waals surface area (Å²) in [5.41, 5.74) is 3.63. The van der Waals surface area contributed by atoms with E-state index < -0.39 is 0 Å². The van der Waals surface area contributed by atoms with E-state index in [2.05, 4.69) is 45.3 Å². The number of likely N-dealkylation sites (tertiary alicyclic amines) is 1. The molecule has 5 rings (SSSR count). The summed E-state index contributed by atoms with van der Waals surface area (Å²) < 4.78 is 7.09. The highest BCUT2D eigenvalue weighted by molar-refractivity contribution is 5.79. The van der Waals surface area contributed by atoms with Crippen LogP contribution in [0.25, 0.3) is 10.9 Å². The number of tetrazole rings is 1. The van der Waals surface area contributed by atoms with Gasteiger partial charge in [0, 0.05) is 17.6 Å². The van der Waals surface area contributed by atoms with Crippen molar-refractivity contribution in [1.29, 1.82) is 0 Å². The van der Waals surface area contributed by atoms with Crippen molar-refractivity contribution in [3.63, 3.8) is 0 Å². The molecule has 0 aliphatic carbocycles. The Morgan fingerprint density at radius 1 is 1.18 bits per heavy atom. The molecule has 2 aromatic carbocycles. The molecule has 1 saturated heterocycles. The molecule has 2 atom stereocenters. The van der Waals surface area contributed by atoms with Crippen molar-refractivity contribution in [2.45, 2.75) is 39.3 Å². The minimum atomic E-state index is -0.329. The Balaban J connectivity index is 1.59. The number of nitrogens with one attached hydrogen (secondary N) is 1. The van der Waals surface area contributed by atoms with Gasteiger partial charge in [0.15, 0.2) is 5.82 Å². The largest absolute Gasteiger partial charge is 0.497 e. The first kappa shape index (κ1) is 22.3. The van der Waals surface area contributed by atoms with Crippen molar-refractivity contribution in [3.05, 3.63) is 81.4 Å². The number of rotatable bonds is 6. The fraction of sp³-hybridized carbons (Fsp3) is 0.385. The Morgan fingerprint density at radius 2 is 2.00 bits per heavy atom. The van der Waals surface area contributed by atoms with Gasteiger partial charge in [0.1, 0.15) is 11.8 Å². The third-order valence-electron chi connectivity index (χ3n) is 6.67. The molecule has 1 N–H and O–H groups in total. The predicted octanol–water partition coefficient (Wildman–Crippen LogP) is 3.70. The number of H-pyrrole nitrogens is 1. The van der Waals surface area contributed by atoms with Crippen molar-refractivity contribution >= 4 is 10.9 Å². The van der Waals surface area contributed by atoms with Gasteiger partial charge in [0.2, 0.25) is 0 Å². The molecule has 1 aliphatic rings. The van der Waals surface area contributed by atoms with Gasteiger partial charge in [0.25, 0.3) is 5.56 Å². The second kappa shape index (κ2) is 9.38. The van der Waals surface area contributed by atoms with Crippen LogP contribution in [0.3, 0.4) is 0 Å². The number of methoxy groups -OCH3 is 1. The zero-order valence-electron chi connectivity index (χ0n) is 19.9. The molecule has 8 nitrogen and oxygen atoms in total. The van der Waals surface area contributed by atoms with E-state index in [-0.39, 0.29) is 11.6 Å². The standard InChI is InChI=1S/C26H30N6O2/c1-17-6-11-23-20(13-17)14-22(26(33)27-23)24(31-12-4-5-18(2)15-31)25-28-29-30-32(25)16-19-7-9-21(34-3)10-8-19/h6-11,13-14,18,24H,4-5,12,15-16H2,1-3H3,(H,27,33)/t18-,24-/m1/s1. The number of fused-ring (bicyclic) bond motifs is 1. The molecule has 2 aromatic heterocycles. The first-order valence-corrected chi connectivity index (χ1v) is 11.8. The number of hydrogen-bond acceptors (Lipinski definition) is 6. The average Bonchev–Trinajstić information content (AvgIpc) is 3.28. The Kier molecular flexibility index (Phi) is 6.15. The molecule has 0 radical (unpaired) electrons. The van der Waals surface area contributed by atoms with Crippen LogP contribution in [-0.2, 0) is 6.54 Å². The minimum Gasteiger partial charge on any atom is -0.497 e. The molecule has 1 fully saturated rings. The highest BCUT2D eigenvalue weighted by Gasteiger charge is 2.32. The van der Waals surface area contributed by atoms with Crippen LogP contribution in [0.2, 0.25) is 0 Å². The van der Waals surface area contributed by atoms with Crippen LogP contribution in [0.4, 0.5) is 0 Å². The molecule has 0 unspecified atom stereocenters. The van der Waals surface area contributed by atoms with E-state index in [0.717, 1.165) is 47.3 Å². The molecule has 1 aliphatic heterocycles. The fourth-order valence-corrected chi connectivity index (χ4v) is 4.93. The number of benzene rings is 2. The summed E-state index contributed by atoms with van der Waals surface area (Å²) >= 11 is 0. The molecule has 0 amide bonds. The summed E-state index contributed by atoms with van der Waals surface area (Å²) in [6.45, 7) is 6.62. The van der Waals surface area contributed by atoms with E-state index in [1.807, 2.05) is 47.1 Å². The molecule has 3 heterocycles. The summed E-state index contributed by atoms with van der Waals surface area (Å²) in [4.78, 5) is 18.8. The zero-order chi connectivity index (χ0) is 23.7. The summed E-state index contributed by atoms with van der Waals surface area (Å²) in [6, 6.07) is 15.6. The van der Waals surface area contributed by atoms with Gasteiger partial charge in [-0.05, 0) is 83.9 Å². The number of hydrogen-bond donors (Lipinski definition) is 1. The highest BCUT2D eigenvalue weighted by atomic mass is 16.5. The fourth-order valence-electron chi connectivity index (χ4n) is 4.93. The third-order valence-corrected chi connectivity index (χ3v) is 6.67. The highest BCUT2D eigenvalue weighted by Crippen LogP contribution is 2.31. The number of piperidine rings is 1. The van der Waals surface area contributed by atoms with Gasteiger partial charge in [0.05, 0.1) is 13.7 Å². The van der Waals surface area contributed by atoms with Gasteiger partial charge < -0.3 is 9.72 Å². The van der Waals surface area contributed by atoms with Crippen LogP contribution >= 0.6 is 0 Å². The number of aromatic nitrogens is 5. The van der Waals surface area contributed by atoms with Gasteiger partial charge >= 0.3 is 0 Å². The maximum atomic E-state index is 13.3. The smallest absolute Gasteiger partial charge is 0.253 e. The second-order valence-corrected chi connectivity index (χ2v) is 9.33. The summed E-state index contributed by atoms with van der Waals surface area (Å²) in [5, 5.41) is 13.8. The van der Waals surface area contributed by atoms with E-state index in [4.69, 9.17) is 4.74 Å². The van der Waals surface area contributed by atoms with Crippen LogP contribution in [0.15, 0.2) is 53.3 Å². The van der Waals surface area contributed by atoms with E-state index >= 15 is 0 Å². The Morgan fingerprint density at radius 3 is 2.76 bits per heavy atom. The molecular weight excluding hydrogens is 428 g/mol. The van der Waals surface area contributed by atoms with Gasteiger partial charge in [-0.25, -0.2) is 4.68 Å². The quantitative estimate of drug-likeness (QED) is 0.474. The summed E-state index contributed by atoms with van der Waals surface area (Å²) in [6.07, 6.45) is 2.27. The number of aromatic amines is 1. The first-order valence-electron chi connectivity index (χ1n) is 11.8. The Hall–Kier alpha value is -3.52. The van der Waals surface area contributed by atoms with Crippen LogP contribution in [0.1, 0.15) is 48.3 Å². The molecule has 8 heteroatoms. The molecule has 4 aromatic rings. The lowest BCUT2D eigenvalue weighted by Gasteiger charge is -2.36. The lowest BCUT2D eigenvalue weighted by atomic mass is 9.95. The van der Waals surface area contributed by atoms with Crippen LogP contribution in [-0.4, -0.2) is 50.3 Å². The Bertz CT molecular complexity index is 1340. The van der Waals surface area contributed by atoms with Crippen molar-refractivity contribution in [3.8, 4) is 5.75 Å². The van der Waals surface area contributed by atoms with Crippen LogP contribution in [0, 0.1) is 12.8 Å². The molecule has 176 valence electrons. The predicted molar refractivity (Wildman–Crippen MR) is 131 cm³/mol. The molecule has 0 spiro atoms. The van der Waals surface area contributed by atoms with E-state index in [0.29, 0.717) is 23.9 Å². The summed E-state index contributed by atoms with van der Waals surface area (Å²) in [5.74, 6) is 2.03. The molecule has 0 bridgehead atoms. The van der Waals surface area contributed by atoms with Gasteiger partial charge in [-0.15, -0.1) is 5.10 Å². The lowest BCUT2D eigenvalue weighted by Crippen LogP contribution is -2.41. The first-order chi connectivity index (χ1) is 16.5. The summed E-state index contributed by atoms with van der Waals surface area (Å²) in [7, 11) is 1.65. The topological polar surface area (TPSA) is 88.9 Å². The van der Waals surface area contributed by atoms with Crippen molar-refractivity contribution in [2.75, 3.05) is 20.2 Å². The van der Waals surface area contributed by atoms with Crippen LogP contribution < -0.4 is 10.3 Å². The molecule has 34 heavy (non-hydrogen) atoms. The van der Waals surface area contributed by atoms with E-state index in [1.165, 1.54) is 6.42 Å². The minimum absolute atomic E-state index is 0.0985. The Labute approximate surface area is 198 Å². The van der Waals surface area contributed by atoms with Crippen molar-refractivity contribution < 1.29 is 4.74 Å². The van der Waals surface area contributed by atoms with Crippen LogP contribution in [0.5, 0.6) is 5.75 Å². The van der Waals surface area contributed by atoms with Crippen molar-refractivity contribution in [1.82, 2.24) is 30.1 Å². The van der Waals surface area contributed by atoms with Gasteiger partial charge in [-0.3, -0.25) is 9.69 Å².